The molecule has 4 aromatic rings. The van der Waals surface area contributed by atoms with E-state index in [1.165, 1.54) is 30.3 Å². The van der Waals surface area contributed by atoms with Crippen LogP contribution < -0.4 is 5.73 Å². The second-order valence-corrected chi connectivity index (χ2v) is 10.8. The molecule has 5 N–H and O–H groups in total. The molecule has 1 heterocycles. The number of rotatable bonds is 8. The zero-order chi connectivity index (χ0) is 30.2. The lowest BCUT2D eigenvalue weighted by Crippen LogP contribution is -2.31. The Labute approximate surface area is 239 Å². The third-order valence-corrected chi connectivity index (χ3v) is 7.45. The Hall–Kier alpha value is -5.05. The summed E-state index contributed by atoms with van der Waals surface area (Å²) >= 11 is 0. The van der Waals surface area contributed by atoms with E-state index in [1.54, 1.807) is 12.1 Å². The maximum absolute atomic E-state index is 12.7. The molecular formula is C28H24N6O7S. The van der Waals surface area contributed by atoms with Crippen molar-refractivity contribution >= 4 is 61.1 Å². The number of anilines is 1. The van der Waals surface area contributed by atoms with E-state index in [4.69, 9.17) is 10.8 Å². The molecule has 0 saturated carbocycles. The number of nitrogen functional groups attached to an aromatic ring is 1. The van der Waals surface area contributed by atoms with Crippen LogP contribution in [0.15, 0.2) is 86.0 Å². The van der Waals surface area contributed by atoms with Gasteiger partial charge >= 0.3 is 0 Å². The van der Waals surface area contributed by atoms with Crippen LogP contribution in [-0.2, 0) is 10.1 Å². The minimum Gasteiger partial charge on any atom is -0.505 e. The highest BCUT2D eigenvalue weighted by Gasteiger charge is 2.35. The first-order chi connectivity index (χ1) is 20.0. The van der Waals surface area contributed by atoms with Crippen LogP contribution in [0.3, 0.4) is 0 Å². The van der Waals surface area contributed by atoms with Crippen molar-refractivity contribution < 1.29 is 32.8 Å². The summed E-state index contributed by atoms with van der Waals surface area (Å²) in [6, 6.07) is 15.3. The monoisotopic (exact) mass is 588 g/mol. The van der Waals surface area contributed by atoms with Crippen molar-refractivity contribution in [2.24, 2.45) is 20.5 Å². The number of hydrogen-bond donors (Lipinski definition) is 4. The number of aliphatic hydroxyl groups excluding tert-OH is 1. The van der Waals surface area contributed by atoms with Crippen LogP contribution in [0, 0.1) is 6.92 Å². The Morgan fingerprint density at radius 1 is 0.857 bits per heavy atom. The van der Waals surface area contributed by atoms with Gasteiger partial charge in [0, 0.05) is 13.2 Å². The fourth-order valence-corrected chi connectivity index (χ4v) is 5.10. The first kappa shape index (κ1) is 28.5. The van der Waals surface area contributed by atoms with Gasteiger partial charge in [-0.2, -0.15) is 18.6 Å². The van der Waals surface area contributed by atoms with Crippen LogP contribution in [0.5, 0.6) is 5.75 Å². The van der Waals surface area contributed by atoms with E-state index in [2.05, 4.69) is 20.5 Å². The molecule has 4 aromatic carbocycles. The van der Waals surface area contributed by atoms with Crippen LogP contribution in [0.4, 0.5) is 28.4 Å². The second-order valence-electron chi connectivity index (χ2n) is 9.45. The van der Waals surface area contributed by atoms with Gasteiger partial charge in [0.1, 0.15) is 16.3 Å². The molecule has 1 aliphatic heterocycles. The minimum atomic E-state index is -4.89. The number of azo groups is 2. The zero-order valence-electron chi connectivity index (χ0n) is 22.1. The van der Waals surface area contributed by atoms with Gasteiger partial charge in [-0.25, -0.2) is 0 Å². The number of hydrogen-bond acceptors (Lipinski definition) is 11. The highest BCUT2D eigenvalue weighted by Crippen LogP contribution is 2.46. The van der Waals surface area contributed by atoms with E-state index in [0.717, 1.165) is 16.5 Å². The smallest absolute Gasteiger partial charge is 0.296 e. The number of phenols is 1. The van der Waals surface area contributed by atoms with E-state index in [1.807, 2.05) is 19.1 Å². The molecule has 0 spiro atoms. The van der Waals surface area contributed by atoms with Crippen LogP contribution >= 0.6 is 0 Å². The Morgan fingerprint density at radius 2 is 1.52 bits per heavy atom. The maximum atomic E-state index is 12.7. The van der Waals surface area contributed by atoms with Gasteiger partial charge in [-0.05, 0) is 61.2 Å². The standard InChI is InChI=1S/C28H24N6O7S/c1-15-3-6-17(7-4-15)30-32-21-10-5-16-13-22(42(39,40)41)25(26(36)23(16)24(21)29)33-31-18-8-9-19-20(14-18)28(38)34(27(19)37)11-2-12-35/h3-10,13-14,35-36H,2,11-12,29H2,1H3,(H,39,40,41). The highest BCUT2D eigenvalue weighted by atomic mass is 32.2. The Bertz CT molecular complexity index is 1920. The quantitative estimate of drug-likeness (QED) is 0.0892. The molecule has 0 fully saturated rings. The summed E-state index contributed by atoms with van der Waals surface area (Å²) in [6.45, 7) is 1.77. The number of carbonyl (C=O) groups excluding carboxylic acids is 2. The zero-order valence-corrected chi connectivity index (χ0v) is 22.9. The van der Waals surface area contributed by atoms with Gasteiger partial charge in [0.25, 0.3) is 21.9 Å². The lowest BCUT2D eigenvalue weighted by molar-refractivity contribution is 0.0645. The summed E-state index contributed by atoms with van der Waals surface area (Å²) in [5.41, 5.74) is 7.72. The second kappa shape index (κ2) is 11.1. The molecule has 0 unspecified atom stereocenters. The number of aliphatic hydroxyl groups is 1. The van der Waals surface area contributed by atoms with Crippen LogP contribution in [0.2, 0.25) is 0 Å². The predicted molar refractivity (Wildman–Crippen MR) is 153 cm³/mol. The third kappa shape index (κ3) is 5.33. The number of benzene rings is 4. The van der Waals surface area contributed by atoms with Gasteiger partial charge < -0.3 is 15.9 Å². The van der Waals surface area contributed by atoms with E-state index < -0.39 is 38.3 Å². The van der Waals surface area contributed by atoms with Gasteiger partial charge in [-0.3, -0.25) is 19.0 Å². The number of phenolic OH excluding ortho intramolecular Hbond substituents is 1. The van der Waals surface area contributed by atoms with Crippen molar-refractivity contribution in [3.05, 3.63) is 77.4 Å². The van der Waals surface area contributed by atoms with Crippen molar-refractivity contribution in [2.45, 2.75) is 18.2 Å². The lowest BCUT2D eigenvalue weighted by Gasteiger charge is -2.12. The maximum Gasteiger partial charge on any atom is 0.296 e. The van der Waals surface area contributed by atoms with E-state index in [9.17, 15) is 27.7 Å². The topological polar surface area (TPSA) is 208 Å². The first-order valence-electron chi connectivity index (χ1n) is 12.6. The van der Waals surface area contributed by atoms with Crippen molar-refractivity contribution in [1.82, 2.24) is 4.90 Å². The first-order valence-corrected chi connectivity index (χ1v) is 14.0. The van der Waals surface area contributed by atoms with Gasteiger partial charge in [-0.15, -0.1) is 10.2 Å². The molecule has 14 heteroatoms. The van der Waals surface area contributed by atoms with Crippen molar-refractivity contribution in [3.8, 4) is 5.75 Å². The lowest BCUT2D eigenvalue weighted by atomic mass is 10.1. The highest BCUT2D eigenvalue weighted by molar-refractivity contribution is 7.86. The molecule has 13 nitrogen and oxygen atoms in total. The minimum absolute atomic E-state index is 0.00552. The van der Waals surface area contributed by atoms with Crippen LogP contribution in [-0.4, -0.2) is 53.0 Å². The molecule has 42 heavy (non-hydrogen) atoms. The number of carbonyl (C=O) groups is 2. The van der Waals surface area contributed by atoms with Gasteiger partial charge in [-0.1, -0.05) is 23.8 Å². The molecular weight excluding hydrogens is 564 g/mol. The normalized spacial score (nSPS) is 13.6. The van der Waals surface area contributed by atoms with E-state index in [-0.39, 0.29) is 58.5 Å². The number of nitrogens with zero attached hydrogens (tertiary/aromatic N) is 5. The number of aromatic hydroxyl groups is 1. The number of nitrogens with two attached hydrogens (primary N) is 1. The molecule has 0 bridgehead atoms. The van der Waals surface area contributed by atoms with Gasteiger partial charge in [0.05, 0.1) is 33.6 Å². The van der Waals surface area contributed by atoms with Crippen molar-refractivity contribution in [2.75, 3.05) is 18.9 Å². The number of imide groups is 1. The average Bonchev–Trinajstić information content (AvgIpc) is 3.19. The average molecular weight is 589 g/mol. The SMILES string of the molecule is Cc1ccc(N=Nc2ccc3cc(S(=O)(=O)O)c(N=Nc4ccc5c(c4)C(=O)N(CCCO)C5=O)c(O)c3c2N)cc1. The summed E-state index contributed by atoms with van der Waals surface area (Å²) in [6.07, 6.45) is 0.218. The molecule has 0 aliphatic carbocycles. The molecule has 2 amide bonds. The number of amides is 2. The fourth-order valence-electron chi connectivity index (χ4n) is 4.44. The van der Waals surface area contributed by atoms with E-state index >= 15 is 0 Å². The Balaban J connectivity index is 1.56. The predicted octanol–water partition coefficient (Wildman–Crippen LogP) is 5.49. The van der Waals surface area contributed by atoms with Crippen molar-refractivity contribution in [1.29, 1.82) is 0 Å². The molecule has 1 aliphatic rings. The van der Waals surface area contributed by atoms with Gasteiger partial charge in [0.2, 0.25) is 0 Å². The van der Waals surface area contributed by atoms with Crippen LogP contribution in [0.25, 0.3) is 10.8 Å². The summed E-state index contributed by atoms with van der Waals surface area (Å²) in [4.78, 5) is 25.5. The number of aryl methyl sites for hydroxylation is 1. The number of fused-ring (bicyclic) bond motifs is 2. The Morgan fingerprint density at radius 3 is 2.21 bits per heavy atom. The third-order valence-electron chi connectivity index (χ3n) is 6.58. The molecule has 214 valence electrons. The van der Waals surface area contributed by atoms with Crippen LogP contribution in [0.1, 0.15) is 32.7 Å². The largest absolute Gasteiger partial charge is 0.505 e. The summed E-state index contributed by atoms with van der Waals surface area (Å²) in [7, 11) is -4.89. The van der Waals surface area contributed by atoms with Crippen molar-refractivity contribution in [3.63, 3.8) is 0 Å². The van der Waals surface area contributed by atoms with Gasteiger partial charge in [0.15, 0.2) is 5.75 Å². The summed E-state index contributed by atoms with van der Waals surface area (Å²) in [5, 5.41) is 36.5. The molecule has 0 radical (unpaired) electrons. The van der Waals surface area contributed by atoms with E-state index in [0.29, 0.717) is 5.69 Å². The molecule has 0 aromatic heterocycles. The summed E-state index contributed by atoms with van der Waals surface area (Å²) in [5.74, 6) is -1.78. The fraction of sp³-hybridized carbons (Fsp3) is 0.143. The molecule has 5 rings (SSSR count). The molecule has 0 atom stereocenters. The Kier molecular flexibility index (Phi) is 7.51. The summed E-state index contributed by atoms with van der Waals surface area (Å²) < 4.78 is 34.3. The molecule has 0 saturated heterocycles.